The average Bonchev–Trinajstić information content (AvgIpc) is 2.68. The highest BCUT2D eigenvalue weighted by Gasteiger charge is 2.06. The fourth-order valence-corrected chi connectivity index (χ4v) is 3.19. The molecule has 1 heterocycles. The van der Waals surface area contributed by atoms with E-state index in [1.54, 1.807) is 12.1 Å². The minimum absolute atomic E-state index is 0.107. The maximum atomic E-state index is 9.53. The summed E-state index contributed by atoms with van der Waals surface area (Å²) in [5, 5.41) is 9.90. The van der Waals surface area contributed by atoms with Crippen LogP contribution in [0, 0.1) is 5.92 Å². The highest BCUT2D eigenvalue weighted by Crippen LogP contribution is 2.24. The molecular formula is C23H25ClN2O. The van der Waals surface area contributed by atoms with Gasteiger partial charge in [0, 0.05) is 18.2 Å². The van der Waals surface area contributed by atoms with Gasteiger partial charge < -0.3 is 5.11 Å². The van der Waals surface area contributed by atoms with Crippen molar-refractivity contribution < 1.29 is 5.11 Å². The Morgan fingerprint density at radius 2 is 1.78 bits per heavy atom. The van der Waals surface area contributed by atoms with Crippen molar-refractivity contribution in [3.63, 3.8) is 0 Å². The minimum atomic E-state index is 0.107. The van der Waals surface area contributed by atoms with Crippen molar-refractivity contribution in [2.45, 2.75) is 39.5 Å². The topological polar surface area (TPSA) is 46.0 Å². The Hall–Kier alpha value is -2.39. The van der Waals surface area contributed by atoms with Crippen molar-refractivity contribution in [1.82, 2.24) is 9.97 Å². The molecular weight excluding hydrogens is 356 g/mol. The molecule has 2 aromatic carbocycles. The lowest BCUT2D eigenvalue weighted by Crippen LogP contribution is -1.99. The quantitative estimate of drug-likeness (QED) is 0.557. The van der Waals surface area contributed by atoms with E-state index in [-0.39, 0.29) is 5.75 Å². The molecule has 1 aromatic heterocycles. The number of hydrogen-bond donors (Lipinski definition) is 1. The number of aromatic nitrogens is 2. The third-order valence-corrected chi connectivity index (χ3v) is 4.89. The number of phenols is 1. The van der Waals surface area contributed by atoms with Crippen LogP contribution in [0.1, 0.15) is 37.2 Å². The van der Waals surface area contributed by atoms with E-state index in [2.05, 4.69) is 43.1 Å². The van der Waals surface area contributed by atoms with E-state index in [9.17, 15) is 5.11 Å². The molecule has 27 heavy (non-hydrogen) atoms. The van der Waals surface area contributed by atoms with Crippen molar-refractivity contribution in [2.75, 3.05) is 0 Å². The molecule has 0 unspecified atom stereocenters. The summed E-state index contributed by atoms with van der Waals surface area (Å²) >= 11 is 5.98. The number of hydrogen-bond acceptors (Lipinski definition) is 3. The molecule has 3 aromatic rings. The molecule has 0 atom stereocenters. The van der Waals surface area contributed by atoms with Crippen LogP contribution in [0.2, 0.25) is 5.02 Å². The van der Waals surface area contributed by atoms with Crippen LogP contribution in [0.25, 0.3) is 11.3 Å². The first-order chi connectivity index (χ1) is 13.0. The van der Waals surface area contributed by atoms with Gasteiger partial charge in [-0.1, -0.05) is 49.7 Å². The van der Waals surface area contributed by atoms with Gasteiger partial charge >= 0.3 is 0 Å². The molecule has 0 fully saturated rings. The van der Waals surface area contributed by atoms with Gasteiger partial charge in [0.15, 0.2) is 0 Å². The summed E-state index contributed by atoms with van der Waals surface area (Å²) in [4.78, 5) is 9.15. The Morgan fingerprint density at radius 1 is 0.963 bits per heavy atom. The summed E-state index contributed by atoms with van der Waals surface area (Å²) in [5.41, 5.74) is 4.49. The predicted molar refractivity (Wildman–Crippen MR) is 111 cm³/mol. The molecule has 0 bridgehead atoms. The predicted octanol–water partition coefficient (Wildman–Crippen LogP) is 5.88. The zero-order chi connectivity index (χ0) is 19.2. The highest BCUT2D eigenvalue weighted by molar-refractivity contribution is 6.32. The van der Waals surface area contributed by atoms with Crippen LogP contribution in [0.15, 0.2) is 54.7 Å². The van der Waals surface area contributed by atoms with Crippen molar-refractivity contribution in [3.8, 4) is 17.0 Å². The van der Waals surface area contributed by atoms with Gasteiger partial charge in [-0.2, -0.15) is 0 Å². The summed E-state index contributed by atoms with van der Waals surface area (Å²) in [6.45, 7) is 4.50. The third-order valence-electron chi connectivity index (χ3n) is 4.59. The summed E-state index contributed by atoms with van der Waals surface area (Å²) < 4.78 is 0. The normalized spacial score (nSPS) is 11.1. The smallest absolute Gasteiger partial charge is 0.134 e. The fourth-order valence-electron chi connectivity index (χ4n) is 2.98. The number of phenolic OH excluding ortho intramolecular Hbond substituents is 1. The van der Waals surface area contributed by atoms with Gasteiger partial charge in [0.05, 0.1) is 10.7 Å². The maximum Gasteiger partial charge on any atom is 0.134 e. The number of aryl methyl sites for hydroxylation is 3. The van der Waals surface area contributed by atoms with E-state index in [4.69, 9.17) is 16.6 Å². The third kappa shape index (κ3) is 5.54. The molecule has 0 spiro atoms. The number of benzene rings is 2. The second-order valence-electron chi connectivity index (χ2n) is 7.28. The van der Waals surface area contributed by atoms with Gasteiger partial charge in [0.25, 0.3) is 0 Å². The molecule has 0 saturated heterocycles. The van der Waals surface area contributed by atoms with Crippen molar-refractivity contribution >= 4 is 11.6 Å². The van der Waals surface area contributed by atoms with Crippen LogP contribution in [0.3, 0.4) is 0 Å². The van der Waals surface area contributed by atoms with Crippen LogP contribution in [0.4, 0.5) is 0 Å². The Morgan fingerprint density at radius 3 is 2.56 bits per heavy atom. The molecule has 0 amide bonds. The van der Waals surface area contributed by atoms with Gasteiger partial charge in [-0.25, -0.2) is 9.97 Å². The first-order valence-corrected chi connectivity index (χ1v) is 9.77. The fraction of sp³-hybridized carbons (Fsp3) is 0.304. The lowest BCUT2D eigenvalue weighted by molar-refractivity contribution is 0.475. The first-order valence-electron chi connectivity index (χ1n) is 9.40. The Balaban J connectivity index is 1.71. The van der Waals surface area contributed by atoms with Crippen molar-refractivity contribution in [2.24, 2.45) is 5.92 Å². The van der Waals surface area contributed by atoms with Crippen LogP contribution >= 0.6 is 11.6 Å². The van der Waals surface area contributed by atoms with E-state index in [0.717, 1.165) is 41.9 Å². The van der Waals surface area contributed by atoms with E-state index >= 15 is 0 Å². The van der Waals surface area contributed by atoms with E-state index in [1.165, 1.54) is 12.0 Å². The van der Waals surface area contributed by atoms with Crippen LogP contribution in [0.5, 0.6) is 5.75 Å². The van der Waals surface area contributed by atoms with Crippen LogP contribution < -0.4 is 0 Å². The summed E-state index contributed by atoms with van der Waals surface area (Å²) in [6.07, 6.45) is 5.60. The average molecular weight is 381 g/mol. The van der Waals surface area contributed by atoms with Crippen LogP contribution in [-0.2, 0) is 19.3 Å². The standard InChI is InChI=1S/C23H25ClN2O/c1-16(2)6-7-17-4-3-5-19(14-17)21-12-13-25-23(26-21)11-9-18-8-10-22(27)20(24)15-18/h3-5,8,10,12-16,27H,6-7,9,11H2,1-2H3. The maximum absolute atomic E-state index is 9.53. The SMILES string of the molecule is CC(C)CCc1cccc(-c2ccnc(CCc3ccc(O)c(Cl)c3)n2)c1. The van der Waals surface area contributed by atoms with Gasteiger partial charge in [-0.3, -0.25) is 0 Å². The number of halogens is 1. The lowest BCUT2D eigenvalue weighted by atomic mass is 10.00. The largest absolute Gasteiger partial charge is 0.506 e. The summed E-state index contributed by atoms with van der Waals surface area (Å²) in [6, 6.07) is 15.9. The van der Waals surface area contributed by atoms with Gasteiger partial charge in [-0.15, -0.1) is 0 Å². The monoisotopic (exact) mass is 380 g/mol. The molecule has 0 aliphatic carbocycles. The summed E-state index contributed by atoms with van der Waals surface area (Å²) in [5.74, 6) is 1.62. The highest BCUT2D eigenvalue weighted by atomic mass is 35.5. The zero-order valence-electron chi connectivity index (χ0n) is 15.8. The molecule has 0 saturated carbocycles. The Kier molecular flexibility index (Phi) is 6.46. The molecule has 1 N–H and O–H groups in total. The molecule has 0 aliphatic heterocycles. The van der Waals surface area contributed by atoms with Crippen molar-refractivity contribution in [3.05, 3.63) is 76.7 Å². The van der Waals surface area contributed by atoms with E-state index in [0.29, 0.717) is 10.9 Å². The molecule has 0 radical (unpaired) electrons. The minimum Gasteiger partial charge on any atom is -0.506 e. The summed E-state index contributed by atoms with van der Waals surface area (Å²) in [7, 11) is 0. The lowest BCUT2D eigenvalue weighted by Gasteiger charge is -2.08. The zero-order valence-corrected chi connectivity index (χ0v) is 16.6. The second-order valence-corrected chi connectivity index (χ2v) is 7.68. The second kappa shape index (κ2) is 9.01. The molecule has 140 valence electrons. The van der Waals surface area contributed by atoms with Gasteiger partial charge in [-0.05, 0) is 60.6 Å². The number of rotatable bonds is 7. The Labute approximate surface area is 166 Å². The number of aromatic hydroxyl groups is 1. The Bertz CT molecular complexity index is 908. The molecule has 3 nitrogen and oxygen atoms in total. The molecule has 0 aliphatic rings. The van der Waals surface area contributed by atoms with Gasteiger partial charge in [0.2, 0.25) is 0 Å². The van der Waals surface area contributed by atoms with Gasteiger partial charge in [0.1, 0.15) is 11.6 Å². The number of nitrogens with zero attached hydrogens (tertiary/aromatic N) is 2. The molecule has 4 heteroatoms. The van der Waals surface area contributed by atoms with E-state index in [1.807, 2.05) is 18.3 Å². The van der Waals surface area contributed by atoms with E-state index < -0.39 is 0 Å². The van der Waals surface area contributed by atoms with Crippen molar-refractivity contribution in [1.29, 1.82) is 0 Å². The van der Waals surface area contributed by atoms with Crippen LogP contribution in [-0.4, -0.2) is 15.1 Å². The molecule has 3 rings (SSSR count). The first kappa shape index (κ1) is 19.4.